The number of hydrogen-bond donors (Lipinski definition) is 2. The third-order valence-corrected chi connectivity index (χ3v) is 3.84. The summed E-state index contributed by atoms with van der Waals surface area (Å²) in [7, 11) is 1.49. The fourth-order valence-electron chi connectivity index (χ4n) is 1.97. The molecule has 1 aromatic heterocycles. The van der Waals surface area contributed by atoms with Gasteiger partial charge >= 0.3 is 0 Å². The van der Waals surface area contributed by atoms with Crippen LogP contribution in [0.4, 0.5) is 5.13 Å². The summed E-state index contributed by atoms with van der Waals surface area (Å²) < 4.78 is 15.5. The molecule has 0 radical (unpaired) electrons. The molecule has 0 spiro atoms. The maximum absolute atomic E-state index is 11.8. The quantitative estimate of drug-likeness (QED) is 0.865. The number of methoxy groups -OCH3 is 1. The summed E-state index contributed by atoms with van der Waals surface area (Å²) >= 11 is 1.33. The molecule has 116 valence electrons. The van der Waals surface area contributed by atoms with Crippen LogP contribution < -0.4 is 20.5 Å². The molecule has 0 aliphatic carbocycles. The van der Waals surface area contributed by atoms with E-state index < -0.39 is 6.04 Å². The van der Waals surface area contributed by atoms with E-state index in [-0.39, 0.29) is 19.3 Å². The molecule has 1 amide bonds. The zero-order chi connectivity index (χ0) is 15.5. The van der Waals surface area contributed by atoms with E-state index >= 15 is 0 Å². The lowest BCUT2D eigenvalue weighted by molar-refractivity contribution is -0.118. The second kappa shape index (κ2) is 6.30. The van der Waals surface area contributed by atoms with Crippen LogP contribution in [0.1, 0.15) is 0 Å². The van der Waals surface area contributed by atoms with E-state index in [2.05, 4.69) is 10.3 Å². The number of fused-ring (bicyclic) bond motifs is 1. The van der Waals surface area contributed by atoms with E-state index in [9.17, 15) is 4.79 Å². The van der Waals surface area contributed by atoms with Crippen LogP contribution in [0.2, 0.25) is 0 Å². The van der Waals surface area contributed by atoms with Gasteiger partial charge in [0.15, 0.2) is 16.6 Å². The van der Waals surface area contributed by atoms with Gasteiger partial charge < -0.3 is 25.3 Å². The van der Waals surface area contributed by atoms with E-state index in [1.54, 1.807) is 0 Å². The third kappa shape index (κ3) is 3.03. The van der Waals surface area contributed by atoms with Crippen molar-refractivity contribution in [1.29, 1.82) is 0 Å². The molecule has 22 heavy (non-hydrogen) atoms. The summed E-state index contributed by atoms with van der Waals surface area (Å²) in [6.07, 6.45) is 0. The number of aromatic nitrogens is 1. The lowest BCUT2D eigenvalue weighted by Crippen LogP contribution is -2.39. The van der Waals surface area contributed by atoms with E-state index in [1.807, 2.05) is 23.6 Å². The molecule has 1 unspecified atom stereocenters. The Hall–Kier alpha value is -2.16. The number of nitrogens with zero attached hydrogens (tertiary/aromatic N) is 1. The first kappa shape index (κ1) is 14.8. The number of ether oxygens (including phenoxy) is 3. The molecule has 0 fully saturated rings. The number of nitrogens with one attached hydrogen (secondary N) is 1. The molecule has 0 bridgehead atoms. The number of rotatable bonds is 5. The fraction of sp³-hybridized carbons (Fsp3) is 0.286. The Balaban J connectivity index is 1.72. The van der Waals surface area contributed by atoms with E-state index in [0.29, 0.717) is 10.9 Å². The average Bonchev–Trinajstić information content (AvgIpc) is 3.15. The molecule has 1 aliphatic heterocycles. The highest BCUT2D eigenvalue weighted by molar-refractivity contribution is 7.14. The monoisotopic (exact) mass is 321 g/mol. The molecule has 2 aromatic rings. The maximum atomic E-state index is 11.8. The predicted octanol–water partition coefficient (Wildman–Crippen LogP) is 1.45. The molecular weight excluding hydrogens is 306 g/mol. The van der Waals surface area contributed by atoms with Crippen LogP contribution in [0.15, 0.2) is 23.6 Å². The van der Waals surface area contributed by atoms with Gasteiger partial charge in [-0.2, -0.15) is 0 Å². The zero-order valence-electron chi connectivity index (χ0n) is 11.9. The smallest absolute Gasteiger partial charge is 0.245 e. The van der Waals surface area contributed by atoms with Crippen LogP contribution in [-0.2, 0) is 9.53 Å². The van der Waals surface area contributed by atoms with Gasteiger partial charge in [0, 0.05) is 18.1 Å². The standard InChI is InChI=1S/C14H15N3O4S/c1-19-5-9(15)13(18)17-14-16-10(6-22-14)8-2-3-11-12(4-8)21-7-20-11/h2-4,6,9H,5,7,15H2,1H3,(H,16,17,18). The molecular formula is C14H15N3O4S. The minimum absolute atomic E-state index is 0.159. The Morgan fingerprint density at radius 2 is 2.32 bits per heavy atom. The number of benzene rings is 1. The van der Waals surface area contributed by atoms with Crippen LogP contribution >= 0.6 is 11.3 Å². The molecule has 1 aliphatic rings. The second-order valence-electron chi connectivity index (χ2n) is 4.66. The van der Waals surface area contributed by atoms with Crippen molar-refractivity contribution in [2.75, 3.05) is 25.8 Å². The molecule has 8 heteroatoms. The first-order chi connectivity index (χ1) is 10.7. The summed E-state index contributed by atoms with van der Waals surface area (Å²) in [5.41, 5.74) is 7.30. The highest BCUT2D eigenvalue weighted by atomic mass is 32.1. The summed E-state index contributed by atoms with van der Waals surface area (Å²) in [5, 5.41) is 5.02. The van der Waals surface area contributed by atoms with Gasteiger partial charge in [0.1, 0.15) is 6.04 Å². The van der Waals surface area contributed by atoms with Crippen LogP contribution in [0.25, 0.3) is 11.3 Å². The summed E-state index contributed by atoms with van der Waals surface area (Å²) in [6.45, 7) is 0.390. The van der Waals surface area contributed by atoms with Gasteiger partial charge in [-0.25, -0.2) is 4.98 Å². The highest BCUT2D eigenvalue weighted by Gasteiger charge is 2.17. The van der Waals surface area contributed by atoms with E-state index in [1.165, 1.54) is 18.4 Å². The molecule has 2 heterocycles. The molecule has 0 saturated carbocycles. The molecule has 3 rings (SSSR count). The number of anilines is 1. The average molecular weight is 321 g/mol. The topological polar surface area (TPSA) is 95.7 Å². The lowest BCUT2D eigenvalue weighted by atomic mass is 10.1. The Kier molecular flexibility index (Phi) is 4.23. The first-order valence-electron chi connectivity index (χ1n) is 6.58. The summed E-state index contributed by atoms with van der Waals surface area (Å²) in [6, 6.07) is 4.87. The van der Waals surface area contributed by atoms with Gasteiger partial charge in [0.25, 0.3) is 0 Å². The third-order valence-electron chi connectivity index (χ3n) is 3.09. The summed E-state index contributed by atoms with van der Waals surface area (Å²) in [5.74, 6) is 1.09. The molecule has 7 nitrogen and oxygen atoms in total. The summed E-state index contributed by atoms with van der Waals surface area (Å²) in [4.78, 5) is 16.2. The fourth-order valence-corrected chi connectivity index (χ4v) is 2.70. The number of hydrogen-bond acceptors (Lipinski definition) is 7. The molecule has 1 aromatic carbocycles. The van der Waals surface area contributed by atoms with Crippen molar-refractivity contribution in [3.63, 3.8) is 0 Å². The van der Waals surface area contributed by atoms with Crippen LogP contribution in [-0.4, -0.2) is 37.4 Å². The minimum atomic E-state index is -0.720. The normalized spacial score (nSPS) is 13.9. The molecule has 1 atom stereocenters. The Morgan fingerprint density at radius 3 is 3.14 bits per heavy atom. The van der Waals surface area contributed by atoms with Crippen molar-refractivity contribution in [2.24, 2.45) is 5.73 Å². The highest BCUT2D eigenvalue weighted by Crippen LogP contribution is 2.36. The van der Waals surface area contributed by atoms with Crippen LogP contribution in [0.5, 0.6) is 11.5 Å². The largest absolute Gasteiger partial charge is 0.454 e. The number of carbonyl (C=O) groups is 1. The Bertz CT molecular complexity index is 688. The van der Waals surface area contributed by atoms with Gasteiger partial charge in [-0.1, -0.05) is 0 Å². The maximum Gasteiger partial charge on any atom is 0.245 e. The van der Waals surface area contributed by atoms with Crippen molar-refractivity contribution in [2.45, 2.75) is 6.04 Å². The van der Waals surface area contributed by atoms with E-state index in [0.717, 1.165) is 17.0 Å². The van der Waals surface area contributed by atoms with Crippen molar-refractivity contribution in [3.8, 4) is 22.8 Å². The SMILES string of the molecule is COCC(N)C(=O)Nc1nc(-c2ccc3c(c2)OCO3)cs1. The van der Waals surface area contributed by atoms with Crippen molar-refractivity contribution in [3.05, 3.63) is 23.6 Å². The zero-order valence-corrected chi connectivity index (χ0v) is 12.7. The number of amides is 1. The Morgan fingerprint density at radius 1 is 1.50 bits per heavy atom. The van der Waals surface area contributed by atoms with Gasteiger partial charge in [0.05, 0.1) is 12.3 Å². The minimum Gasteiger partial charge on any atom is -0.454 e. The van der Waals surface area contributed by atoms with Gasteiger partial charge in [-0.3, -0.25) is 4.79 Å². The number of carbonyl (C=O) groups excluding carboxylic acids is 1. The number of nitrogens with two attached hydrogens (primary N) is 1. The predicted molar refractivity (Wildman–Crippen MR) is 82.2 cm³/mol. The lowest BCUT2D eigenvalue weighted by Gasteiger charge is -2.08. The van der Waals surface area contributed by atoms with Gasteiger partial charge in [0.2, 0.25) is 12.7 Å². The van der Waals surface area contributed by atoms with Crippen molar-refractivity contribution >= 4 is 22.4 Å². The van der Waals surface area contributed by atoms with E-state index in [4.69, 9.17) is 19.9 Å². The van der Waals surface area contributed by atoms with Crippen molar-refractivity contribution in [1.82, 2.24) is 4.98 Å². The molecule has 0 saturated heterocycles. The number of thiazole rings is 1. The first-order valence-corrected chi connectivity index (χ1v) is 7.46. The second-order valence-corrected chi connectivity index (χ2v) is 5.52. The Labute approximate surface area is 131 Å². The van der Waals surface area contributed by atoms with Gasteiger partial charge in [-0.05, 0) is 18.2 Å². The van der Waals surface area contributed by atoms with Crippen LogP contribution in [0.3, 0.4) is 0 Å². The van der Waals surface area contributed by atoms with Crippen LogP contribution in [0, 0.1) is 0 Å². The van der Waals surface area contributed by atoms with Crippen molar-refractivity contribution < 1.29 is 19.0 Å². The van der Waals surface area contributed by atoms with Gasteiger partial charge in [-0.15, -0.1) is 11.3 Å². The molecule has 3 N–H and O–H groups in total.